The number of amides is 1. The van der Waals surface area contributed by atoms with Gasteiger partial charge in [0.1, 0.15) is 22.0 Å². The number of nitrogens with one attached hydrogen (secondary N) is 1. The van der Waals surface area contributed by atoms with Gasteiger partial charge in [0.2, 0.25) is 0 Å². The molecule has 1 amide bonds. The van der Waals surface area contributed by atoms with E-state index in [1.807, 2.05) is 50.2 Å². The van der Waals surface area contributed by atoms with Crippen LogP contribution in [0.2, 0.25) is 0 Å². The highest BCUT2D eigenvalue weighted by atomic mass is 32.1. The maximum absolute atomic E-state index is 12.3. The minimum atomic E-state index is -0.194. The number of hydrogen-bond acceptors (Lipinski definition) is 5. The van der Waals surface area contributed by atoms with Crippen molar-refractivity contribution in [3.05, 3.63) is 46.1 Å². The van der Waals surface area contributed by atoms with Crippen molar-refractivity contribution in [1.82, 2.24) is 9.88 Å². The summed E-state index contributed by atoms with van der Waals surface area (Å²) in [5.74, 6) is 0.659. The molecule has 0 bridgehead atoms. The Morgan fingerprint density at radius 1 is 1.36 bits per heavy atom. The van der Waals surface area contributed by atoms with Gasteiger partial charge in [-0.2, -0.15) is 0 Å². The molecule has 0 radical (unpaired) electrons. The Bertz CT molecular complexity index is 820. The normalized spacial score (nSPS) is 11.3. The van der Waals surface area contributed by atoms with Crippen LogP contribution in [0.3, 0.4) is 0 Å². The molecular weight excluding hydrogens is 298 g/mol. The number of hydrogen-bond donors (Lipinski definition) is 1. The molecular formula is C16H17N3O2S. The Balaban J connectivity index is 1.75. The first kappa shape index (κ1) is 14.7. The quantitative estimate of drug-likeness (QED) is 0.800. The van der Waals surface area contributed by atoms with Crippen molar-refractivity contribution in [2.24, 2.45) is 0 Å². The van der Waals surface area contributed by atoms with E-state index in [1.165, 1.54) is 11.3 Å². The van der Waals surface area contributed by atoms with E-state index in [9.17, 15) is 4.79 Å². The van der Waals surface area contributed by atoms with Crippen LogP contribution in [0.5, 0.6) is 0 Å². The van der Waals surface area contributed by atoms with Crippen molar-refractivity contribution < 1.29 is 9.21 Å². The lowest BCUT2D eigenvalue weighted by Gasteiger charge is -2.05. The third kappa shape index (κ3) is 3.18. The molecule has 6 heteroatoms. The SMILES string of the molecule is Cc1cc2cc(NC(=O)c3csc(CN(C)C)n3)ccc2o1. The molecule has 2 heterocycles. The van der Waals surface area contributed by atoms with Crippen LogP contribution in [0.15, 0.2) is 34.1 Å². The number of carbonyl (C=O) groups excluding carboxylic acids is 1. The second-order valence-electron chi connectivity index (χ2n) is 5.43. The van der Waals surface area contributed by atoms with E-state index in [0.29, 0.717) is 5.69 Å². The topological polar surface area (TPSA) is 58.4 Å². The number of fused-ring (bicyclic) bond motifs is 1. The van der Waals surface area contributed by atoms with E-state index in [0.717, 1.165) is 34.0 Å². The average molecular weight is 315 g/mol. The molecule has 0 aliphatic carbocycles. The van der Waals surface area contributed by atoms with Crippen molar-refractivity contribution in [2.45, 2.75) is 13.5 Å². The Kier molecular flexibility index (Phi) is 3.96. The minimum absolute atomic E-state index is 0.194. The van der Waals surface area contributed by atoms with Gasteiger partial charge < -0.3 is 14.6 Å². The van der Waals surface area contributed by atoms with Crippen LogP contribution in [0, 0.1) is 6.92 Å². The lowest BCUT2D eigenvalue weighted by molar-refractivity contribution is 0.102. The number of benzene rings is 1. The summed E-state index contributed by atoms with van der Waals surface area (Å²) in [6.07, 6.45) is 0. The van der Waals surface area contributed by atoms with Crippen LogP contribution in [0.1, 0.15) is 21.3 Å². The molecule has 2 aromatic heterocycles. The molecule has 0 saturated carbocycles. The molecule has 22 heavy (non-hydrogen) atoms. The van der Waals surface area contributed by atoms with E-state index in [4.69, 9.17) is 4.42 Å². The van der Waals surface area contributed by atoms with Gasteiger partial charge in [0.05, 0.1) is 0 Å². The van der Waals surface area contributed by atoms with Crippen LogP contribution in [-0.4, -0.2) is 29.9 Å². The van der Waals surface area contributed by atoms with Crippen LogP contribution in [0.25, 0.3) is 11.0 Å². The van der Waals surface area contributed by atoms with Gasteiger partial charge in [0, 0.05) is 23.0 Å². The van der Waals surface area contributed by atoms with E-state index in [2.05, 4.69) is 10.3 Å². The second kappa shape index (κ2) is 5.90. The monoisotopic (exact) mass is 315 g/mol. The number of furan rings is 1. The molecule has 0 unspecified atom stereocenters. The minimum Gasteiger partial charge on any atom is -0.461 e. The average Bonchev–Trinajstić information content (AvgIpc) is 3.03. The predicted molar refractivity (Wildman–Crippen MR) is 88.4 cm³/mol. The zero-order valence-corrected chi connectivity index (χ0v) is 13.5. The van der Waals surface area contributed by atoms with Crippen molar-refractivity contribution >= 4 is 33.9 Å². The zero-order chi connectivity index (χ0) is 15.7. The maximum atomic E-state index is 12.3. The highest BCUT2D eigenvalue weighted by molar-refractivity contribution is 7.09. The highest BCUT2D eigenvalue weighted by Gasteiger charge is 2.12. The van der Waals surface area contributed by atoms with E-state index >= 15 is 0 Å². The van der Waals surface area contributed by atoms with Crippen LogP contribution < -0.4 is 5.32 Å². The molecule has 1 aromatic carbocycles. The lowest BCUT2D eigenvalue weighted by Crippen LogP contribution is -2.14. The summed E-state index contributed by atoms with van der Waals surface area (Å²) < 4.78 is 5.52. The van der Waals surface area contributed by atoms with E-state index in [-0.39, 0.29) is 5.91 Å². The first-order valence-corrected chi connectivity index (χ1v) is 7.80. The van der Waals surface area contributed by atoms with Gasteiger partial charge in [-0.3, -0.25) is 4.79 Å². The fourth-order valence-corrected chi connectivity index (χ4v) is 3.10. The first-order valence-electron chi connectivity index (χ1n) is 6.92. The predicted octanol–water partition coefficient (Wildman–Crippen LogP) is 3.51. The molecule has 0 spiro atoms. The third-order valence-electron chi connectivity index (χ3n) is 3.13. The summed E-state index contributed by atoms with van der Waals surface area (Å²) in [5, 5.41) is 6.56. The number of rotatable bonds is 4. The smallest absolute Gasteiger partial charge is 0.275 e. The summed E-state index contributed by atoms with van der Waals surface area (Å²) >= 11 is 1.49. The number of thiazole rings is 1. The number of carbonyl (C=O) groups is 1. The fraction of sp³-hybridized carbons (Fsp3) is 0.250. The largest absolute Gasteiger partial charge is 0.461 e. The highest BCUT2D eigenvalue weighted by Crippen LogP contribution is 2.23. The molecule has 5 nitrogen and oxygen atoms in total. The van der Waals surface area contributed by atoms with Crippen LogP contribution in [0.4, 0.5) is 5.69 Å². The summed E-state index contributed by atoms with van der Waals surface area (Å²) in [7, 11) is 3.95. The Labute approximate surface area is 132 Å². The molecule has 0 saturated heterocycles. The molecule has 0 fully saturated rings. The van der Waals surface area contributed by atoms with Gasteiger partial charge in [-0.15, -0.1) is 11.3 Å². The standard InChI is InChI=1S/C16H17N3O2S/c1-10-6-11-7-12(4-5-14(11)21-10)17-16(20)13-9-22-15(18-13)8-19(2)3/h4-7,9H,8H2,1-3H3,(H,17,20). The Hall–Kier alpha value is -2.18. The Morgan fingerprint density at radius 2 is 2.18 bits per heavy atom. The molecule has 0 aliphatic heterocycles. The number of aryl methyl sites for hydroxylation is 1. The van der Waals surface area contributed by atoms with Gasteiger partial charge in [0.15, 0.2) is 0 Å². The van der Waals surface area contributed by atoms with Gasteiger partial charge in [0.25, 0.3) is 5.91 Å². The van der Waals surface area contributed by atoms with Crippen molar-refractivity contribution in [3.8, 4) is 0 Å². The summed E-state index contributed by atoms with van der Waals surface area (Å²) in [6, 6.07) is 7.53. The van der Waals surface area contributed by atoms with Crippen LogP contribution in [-0.2, 0) is 6.54 Å². The number of nitrogens with zero attached hydrogens (tertiary/aromatic N) is 2. The van der Waals surface area contributed by atoms with Gasteiger partial charge in [-0.1, -0.05) is 0 Å². The number of anilines is 1. The van der Waals surface area contributed by atoms with E-state index in [1.54, 1.807) is 5.38 Å². The zero-order valence-electron chi connectivity index (χ0n) is 12.7. The van der Waals surface area contributed by atoms with Crippen molar-refractivity contribution in [3.63, 3.8) is 0 Å². The van der Waals surface area contributed by atoms with Crippen molar-refractivity contribution in [1.29, 1.82) is 0 Å². The summed E-state index contributed by atoms with van der Waals surface area (Å²) in [6.45, 7) is 2.64. The van der Waals surface area contributed by atoms with Gasteiger partial charge in [-0.05, 0) is 45.3 Å². The summed E-state index contributed by atoms with van der Waals surface area (Å²) in [5.41, 5.74) is 2.00. The third-order valence-corrected chi connectivity index (χ3v) is 3.97. The molecule has 1 N–H and O–H groups in total. The Morgan fingerprint density at radius 3 is 2.95 bits per heavy atom. The fourth-order valence-electron chi connectivity index (χ4n) is 2.21. The van der Waals surface area contributed by atoms with Gasteiger partial charge in [-0.25, -0.2) is 4.98 Å². The summed E-state index contributed by atoms with van der Waals surface area (Å²) in [4.78, 5) is 18.6. The molecule has 0 atom stereocenters. The van der Waals surface area contributed by atoms with Crippen LogP contribution >= 0.6 is 11.3 Å². The maximum Gasteiger partial charge on any atom is 0.275 e. The number of aromatic nitrogens is 1. The molecule has 3 rings (SSSR count). The molecule has 0 aliphatic rings. The van der Waals surface area contributed by atoms with Gasteiger partial charge >= 0.3 is 0 Å². The van der Waals surface area contributed by atoms with Crippen molar-refractivity contribution in [2.75, 3.05) is 19.4 Å². The molecule has 3 aromatic rings. The molecule has 114 valence electrons. The van der Waals surface area contributed by atoms with E-state index < -0.39 is 0 Å². The second-order valence-corrected chi connectivity index (χ2v) is 6.37. The lowest BCUT2D eigenvalue weighted by atomic mass is 10.2. The first-order chi connectivity index (χ1) is 10.5.